The minimum Gasteiger partial charge on any atom is -0.422 e. The van der Waals surface area contributed by atoms with E-state index in [1.54, 1.807) is 29.6 Å². The molecule has 0 unspecified atom stereocenters. The van der Waals surface area contributed by atoms with Gasteiger partial charge in [0.05, 0.1) is 0 Å². The summed E-state index contributed by atoms with van der Waals surface area (Å²) in [5.41, 5.74) is -0.455. The number of amides is 1. The van der Waals surface area contributed by atoms with Gasteiger partial charge in [-0.3, -0.25) is 4.79 Å². The van der Waals surface area contributed by atoms with Crippen molar-refractivity contribution >= 4 is 44.0 Å². The van der Waals surface area contributed by atoms with E-state index in [1.807, 2.05) is 0 Å². The van der Waals surface area contributed by atoms with Gasteiger partial charge in [0.25, 0.3) is 0 Å². The summed E-state index contributed by atoms with van der Waals surface area (Å²) in [5, 5.41) is 4.03. The van der Waals surface area contributed by atoms with Crippen LogP contribution in [0.2, 0.25) is 0 Å². The third-order valence-electron chi connectivity index (χ3n) is 2.86. The summed E-state index contributed by atoms with van der Waals surface area (Å²) in [6.45, 7) is 0. The van der Waals surface area contributed by atoms with Gasteiger partial charge in [0.2, 0.25) is 0 Å². The Morgan fingerprint density at radius 3 is 2.62 bits per heavy atom. The van der Waals surface area contributed by atoms with E-state index < -0.39 is 17.7 Å². The monoisotopic (exact) mass is 313 g/mol. The fourth-order valence-electron chi connectivity index (χ4n) is 1.95. The van der Waals surface area contributed by atoms with Crippen LogP contribution in [0, 0.1) is 0 Å². The van der Waals surface area contributed by atoms with E-state index in [2.05, 4.69) is 0 Å². The molecule has 1 aromatic carbocycles. The molecule has 3 rings (SSSR count). The predicted octanol–water partition coefficient (Wildman–Crippen LogP) is 3.51. The van der Waals surface area contributed by atoms with Gasteiger partial charge in [0.15, 0.2) is 0 Å². The van der Waals surface area contributed by atoms with E-state index in [-0.39, 0.29) is 10.4 Å². The maximum absolute atomic E-state index is 12.3. The summed E-state index contributed by atoms with van der Waals surface area (Å²) in [7, 11) is 0. The van der Waals surface area contributed by atoms with Crippen molar-refractivity contribution in [3.8, 4) is 0 Å². The van der Waals surface area contributed by atoms with Crippen LogP contribution in [0.5, 0.6) is 0 Å². The highest BCUT2D eigenvalue weighted by Gasteiger charge is 2.39. The number of nitrogens with one attached hydrogen (secondary N) is 1. The Morgan fingerprint density at radius 2 is 1.90 bits per heavy atom. The number of carbonyl (C=O) groups is 1. The quantitative estimate of drug-likeness (QED) is 0.699. The van der Waals surface area contributed by atoms with Crippen LogP contribution in [0.25, 0.3) is 21.7 Å². The summed E-state index contributed by atoms with van der Waals surface area (Å²) in [4.78, 5) is 22.9. The summed E-state index contributed by atoms with van der Waals surface area (Å²) >= 11 is 0.844. The van der Waals surface area contributed by atoms with Gasteiger partial charge in [-0.05, 0) is 6.07 Å². The molecule has 1 N–H and O–H groups in total. The second kappa shape index (κ2) is 4.59. The number of halogens is 3. The number of rotatable bonds is 1. The molecule has 1 amide bonds. The van der Waals surface area contributed by atoms with Crippen molar-refractivity contribution in [1.29, 1.82) is 0 Å². The summed E-state index contributed by atoms with van der Waals surface area (Å²) in [5.74, 6) is -2.13. The largest absolute Gasteiger partial charge is 0.471 e. The lowest BCUT2D eigenvalue weighted by Gasteiger charge is -2.06. The van der Waals surface area contributed by atoms with Crippen LogP contribution in [0.3, 0.4) is 0 Å². The van der Waals surface area contributed by atoms with Crippen molar-refractivity contribution in [2.24, 2.45) is 0 Å². The molecular formula is C13H6F3NO3S. The summed E-state index contributed by atoms with van der Waals surface area (Å²) in [6.07, 6.45) is -5.02. The zero-order valence-corrected chi connectivity index (χ0v) is 11.0. The van der Waals surface area contributed by atoms with Crippen molar-refractivity contribution < 1.29 is 22.4 Å². The lowest BCUT2D eigenvalue weighted by molar-refractivity contribution is -0.167. The molecule has 0 aliphatic carbocycles. The molecule has 2 aromatic heterocycles. The maximum atomic E-state index is 12.3. The fourth-order valence-corrected chi connectivity index (χ4v) is 2.90. The van der Waals surface area contributed by atoms with Gasteiger partial charge >= 0.3 is 17.7 Å². The normalized spacial score (nSPS) is 12.0. The number of hydrogen-bond donors (Lipinski definition) is 1. The minimum atomic E-state index is -5.02. The molecule has 108 valence electrons. The van der Waals surface area contributed by atoms with Crippen LogP contribution >= 0.6 is 11.3 Å². The molecule has 0 aliphatic heterocycles. The Hall–Kier alpha value is -2.35. The van der Waals surface area contributed by atoms with Crippen molar-refractivity contribution in [2.45, 2.75) is 6.18 Å². The Bertz CT molecular complexity index is 910. The van der Waals surface area contributed by atoms with E-state index in [0.717, 1.165) is 11.3 Å². The zero-order chi connectivity index (χ0) is 15.2. The average molecular weight is 313 g/mol. The van der Waals surface area contributed by atoms with Gasteiger partial charge in [-0.2, -0.15) is 13.2 Å². The lowest BCUT2D eigenvalue weighted by Crippen LogP contribution is -2.29. The van der Waals surface area contributed by atoms with E-state index >= 15 is 0 Å². The van der Waals surface area contributed by atoms with Crippen molar-refractivity contribution in [1.82, 2.24) is 0 Å². The number of thiophene rings is 1. The molecule has 0 bridgehead atoms. The summed E-state index contributed by atoms with van der Waals surface area (Å²) in [6, 6.07) is 6.66. The number of hydrogen-bond acceptors (Lipinski definition) is 4. The molecule has 3 aromatic rings. The van der Waals surface area contributed by atoms with E-state index in [9.17, 15) is 22.8 Å². The van der Waals surface area contributed by atoms with Gasteiger partial charge in [0, 0.05) is 16.2 Å². The van der Waals surface area contributed by atoms with Crippen LogP contribution < -0.4 is 10.9 Å². The molecule has 2 heterocycles. The first-order chi connectivity index (χ1) is 9.88. The lowest BCUT2D eigenvalue weighted by atomic mass is 10.1. The standard InChI is InChI=1S/C13H6F3NO3S/c14-13(15,16)12(19)17-10-9-7(5-21-10)6-3-1-2-4-8(6)20-11(9)18/h1-5H,(H,17,19). The Kier molecular flexibility index (Phi) is 2.98. The van der Waals surface area contributed by atoms with Crippen LogP contribution in [-0.2, 0) is 4.79 Å². The molecule has 21 heavy (non-hydrogen) atoms. The van der Waals surface area contributed by atoms with Crippen LogP contribution in [0.4, 0.5) is 18.2 Å². The van der Waals surface area contributed by atoms with Crippen molar-refractivity contribution in [3.63, 3.8) is 0 Å². The predicted molar refractivity (Wildman–Crippen MR) is 72.6 cm³/mol. The smallest absolute Gasteiger partial charge is 0.422 e. The highest BCUT2D eigenvalue weighted by molar-refractivity contribution is 7.16. The number of alkyl halides is 3. The highest BCUT2D eigenvalue weighted by atomic mass is 32.1. The topological polar surface area (TPSA) is 59.3 Å². The zero-order valence-electron chi connectivity index (χ0n) is 10.2. The van der Waals surface area contributed by atoms with Gasteiger partial charge < -0.3 is 9.73 Å². The number of anilines is 1. The molecule has 0 aliphatic rings. The minimum absolute atomic E-state index is 0.0590. The number of para-hydroxylation sites is 1. The molecule has 0 saturated carbocycles. The van der Waals surface area contributed by atoms with Gasteiger partial charge in [-0.15, -0.1) is 11.3 Å². The molecule has 0 atom stereocenters. The molecular weight excluding hydrogens is 307 g/mol. The molecule has 0 fully saturated rings. The van der Waals surface area contributed by atoms with Crippen molar-refractivity contribution in [3.05, 3.63) is 40.1 Å². The van der Waals surface area contributed by atoms with Crippen LogP contribution in [-0.4, -0.2) is 12.1 Å². The van der Waals surface area contributed by atoms with E-state index in [1.165, 1.54) is 5.38 Å². The van der Waals surface area contributed by atoms with E-state index in [4.69, 9.17) is 4.42 Å². The number of benzene rings is 1. The average Bonchev–Trinajstić information content (AvgIpc) is 2.82. The van der Waals surface area contributed by atoms with Crippen molar-refractivity contribution in [2.75, 3.05) is 5.32 Å². The fraction of sp³-hybridized carbons (Fsp3) is 0.0769. The Labute approximate surface area is 118 Å². The second-order valence-electron chi connectivity index (χ2n) is 4.19. The maximum Gasteiger partial charge on any atom is 0.471 e. The van der Waals surface area contributed by atoms with Gasteiger partial charge in [-0.25, -0.2) is 4.79 Å². The van der Waals surface area contributed by atoms with Crippen LogP contribution in [0.15, 0.2) is 38.9 Å². The van der Waals surface area contributed by atoms with Crippen LogP contribution in [0.1, 0.15) is 0 Å². The van der Waals surface area contributed by atoms with Gasteiger partial charge in [-0.1, -0.05) is 18.2 Å². The molecule has 0 spiro atoms. The highest BCUT2D eigenvalue weighted by Crippen LogP contribution is 2.34. The molecule has 0 radical (unpaired) electrons. The first kappa shape index (κ1) is 13.6. The third kappa shape index (κ3) is 2.27. The molecule has 8 heteroatoms. The Morgan fingerprint density at radius 1 is 1.19 bits per heavy atom. The number of fused-ring (bicyclic) bond motifs is 3. The van der Waals surface area contributed by atoms with Gasteiger partial charge in [0.1, 0.15) is 16.0 Å². The first-order valence-corrected chi connectivity index (χ1v) is 6.57. The molecule has 0 saturated heterocycles. The number of carbonyl (C=O) groups excluding carboxylic acids is 1. The third-order valence-corrected chi connectivity index (χ3v) is 3.76. The summed E-state index contributed by atoms with van der Waals surface area (Å²) < 4.78 is 41.9. The second-order valence-corrected chi connectivity index (χ2v) is 5.07. The van der Waals surface area contributed by atoms with E-state index in [0.29, 0.717) is 16.4 Å². The first-order valence-electron chi connectivity index (χ1n) is 5.69. The molecule has 4 nitrogen and oxygen atoms in total. The Balaban J connectivity index is 2.21. The SMILES string of the molecule is O=C(Nc1scc2c1c(=O)oc1ccccc12)C(F)(F)F.